The molecule has 1 heterocycles. The molecule has 7 nitrogen and oxygen atoms in total. The Morgan fingerprint density at radius 3 is 2.67 bits per heavy atom. The molecule has 1 aliphatic heterocycles. The molecule has 2 aromatic rings. The summed E-state index contributed by atoms with van der Waals surface area (Å²) in [6.45, 7) is 0.456. The Morgan fingerprint density at radius 1 is 1.00 bits per heavy atom. The fraction of sp³-hybridized carbons (Fsp3) is 0.200. The molecule has 0 radical (unpaired) electrons. The maximum absolute atomic E-state index is 11.8. The van der Waals surface area contributed by atoms with E-state index in [2.05, 4.69) is 22.5 Å². The Hall–Kier alpha value is -3.66. The number of hydrogen-bond donors (Lipinski definition) is 2. The van der Waals surface area contributed by atoms with Gasteiger partial charge >= 0.3 is 0 Å². The Labute approximate surface area is 156 Å². The molecule has 2 N–H and O–H groups in total. The first-order valence-electron chi connectivity index (χ1n) is 8.30. The summed E-state index contributed by atoms with van der Waals surface area (Å²) in [6.07, 6.45) is 0. The number of amides is 2. The minimum Gasteiger partial charge on any atom is -0.481 e. The molecule has 1 aliphatic rings. The first kappa shape index (κ1) is 18.1. The zero-order chi connectivity index (χ0) is 18.9. The molecular formula is C20H18N2O5. The van der Waals surface area contributed by atoms with Gasteiger partial charge in [0.25, 0.3) is 5.91 Å². The number of carbonyl (C=O) groups excluding carboxylic acids is 2. The van der Waals surface area contributed by atoms with Crippen molar-refractivity contribution in [2.45, 2.75) is 0 Å². The molecular weight excluding hydrogens is 348 g/mol. The van der Waals surface area contributed by atoms with Crippen molar-refractivity contribution in [2.24, 2.45) is 0 Å². The molecule has 3 rings (SSSR count). The average Bonchev–Trinajstić information content (AvgIpc) is 3.17. The Kier molecular flexibility index (Phi) is 6.15. The summed E-state index contributed by atoms with van der Waals surface area (Å²) in [4.78, 5) is 23.5. The summed E-state index contributed by atoms with van der Waals surface area (Å²) in [5.41, 5.74) is 0.505. The number of benzene rings is 2. The van der Waals surface area contributed by atoms with E-state index in [0.29, 0.717) is 22.8 Å². The molecule has 0 saturated carbocycles. The van der Waals surface area contributed by atoms with Gasteiger partial charge in [-0.3, -0.25) is 9.59 Å². The predicted molar refractivity (Wildman–Crippen MR) is 97.6 cm³/mol. The summed E-state index contributed by atoms with van der Waals surface area (Å²) >= 11 is 0. The average molecular weight is 366 g/mol. The van der Waals surface area contributed by atoms with Crippen LogP contribution in [0.5, 0.6) is 17.2 Å². The van der Waals surface area contributed by atoms with Crippen molar-refractivity contribution < 1.29 is 23.8 Å². The summed E-state index contributed by atoms with van der Waals surface area (Å²) < 4.78 is 16.0. The molecule has 0 unspecified atom stereocenters. The normalized spacial score (nSPS) is 11.1. The van der Waals surface area contributed by atoms with Crippen LogP contribution in [0.25, 0.3) is 0 Å². The number of fused-ring (bicyclic) bond motifs is 1. The quantitative estimate of drug-likeness (QED) is 0.754. The van der Waals surface area contributed by atoms with E-state index in [-0.39, 0.29) is 38.3 Å². The number of hydrogen-bond acceptors (Lipinski definition) is 5. The molecule has 27 heavy (non-hydrogen) atoms. The maximum Gasteiger partial charge on any atom is 0.251 e. The van der Waals surface area contributed by atoms with Gasteiger partial charge in [0.05, 0.1) is 13.1 Å². The smallest absolute Gasteiger partial charge is 0.251 e. The third kappa shape index (κ3) is 5.41. The van der Waals surface area contributed by atoms with Crippen LogP contribution in [0.3, 0.4) is 0 Å². The van der Waals surface area contributed by atoms with Crippen molar-refractivity contribution in [1.29, 1.82) is 0 Å². The van der Waals surface area contributed by atoms with Gasteiger partial charge in [-0.25, -0.2) is 0 Å². The van der Waals surface area contributed by atoms with Crippen LogP contribution in [0, 0.1) is 11.8 Å². The Morgan fingerprint density at radius 2 is 1.81 bits per heavy atom. The molecule has 0 aromatic heterocycles. The third-order valence-corrected chi connectivity index (χ3v) is 3.60. The summed E-state index contributed by atoms with van der Waals surface area (Å²) in [5, 5.41) is 5.15. The number of ether oxygens (including phenoxy) is 3. The van der Waals surface area contributed by atoms with Crippen LogP contribution in [-0.2, 0) is 4.79 Å². The summed E-state index contributed by atoms with van der Waals surface area (Å²) in [6, 6.07) is 14.0. The van der Waals surface area contributed by atoms with E-state index in [4.69, 9.17) is 14.2 Å². The lowest BCUT2D eigenvalue weighted by atomic mass is 10.2. The van der Waals surface area contributed by atoms with E-state index in [1.807, 2.05) is 6.07 Å². The minimum absolute atomic E-state index is 0.108. The molecule has 0 spiro atoms. The van der Waals surface area contributed by atoms with Gasteiger partial charge in [0.2, 0.25) is 12.7 Å². The Balaban J connectivity index is 1.32. The van der Waals surface area contributed by atoms with Crippen LogP contribution >= 0.6 is 0 Å². The first-order chi connectivity index (χ1) is 13.2. The van der Waals surface area contributed by atoms with Gasteiger partial charge in [0.1, 0.15) is 12.4 Å². The predicted octanol–water partition coefficient (Wildman–Crippen LogP) is 1.34. The van der Waals surface area contributed by atoms with Crippen LogP contribution < -0.4 is 24.8 Å². The zero-order valence-corrected chi connectivity index (χ0v) is 14.5. The third-order valence-electron chi connectivity index (χ3n) is 3.60. The molecule has 2 amide bonds. The number of nitrogens with one attached hydrogen (secondary N) is 2. The molecule has 7 heteroatoms. The maximum atomic E-state index is 11.8. The highest BCUT2D eigenvalue weighted by Gasteiger charge is 2.13. The van der Waals surface area contributed by atoms with Gasteiger partial charge in [-0.15, -0.1) is 0 Å². The lowest BCUT2D eigenvalue weighted by Crippen LogP contribution is -2.37. The van der Waals surface area contributed by atoms with Gasteiger partial charge in [-0.05, 0) is 24.3 Å². The monoisotopic (exact) mass is 366 g/mol. The van der Waals surface area contributed by atoms with E-state index >= 15 is 0 Å². The van der Waals surface area contributed by atoms with E-state index in [1.165, 1.54) is 0 Å². The van der Waals surface area contributed by atoms with Crippen LogP contribution in [0.15, 0.2) is 48.5 Å². The van der Waals surface area contributed by atoms with E-state index < -0.39 is 0 Å². The lowest BCUT2D eigenvalue weighted by molar-refractivity contribution is -0.119. The summed E-state index contributed by atoms with van der Waals surface area (Å²) in [5.74, 6) is 6.93. The minimum atomic E-state index is -0.315. The number of carbonyl (C=O) groups is 2. The van der Waals surface area contributed by atoms with Crippen molar-refractivity contribution >= 4 is 11.8 Å². The molecule has 0 fully saturated rings. The highest BCUT2D eigenvalue weighted by Crippen LogP contribution is 2.34. The van der Waals surface area contributed by atoms with E-state index in [1.54, 1.807) is 42.5 Å². The van der Waals surface area contributed by atoms with Crippen molar-refractivity contribution in [2.75, 3.05) is 26.5 Å². The van der Waals surface area contributed by atoms with Crippen molar-refractivity contribution in [1.82, 2.24) is 10.6 Å². The molecule has 0 bridgehead atoms. The van der Waals surface area contributed by atoms with Crippen LogP contribution in [0.4, 0.5) is 0 Å². The fourth-order valence-corrected chi connectivity index (χ4v) is 2.26. The van der Waals surface area contributed by atoms with Gasteiger partial charge in [-0.1, -0.05) is 30.0 Å². The molecule has 2 aromatic carbocycles. The highest BCUT2D eigenvalue weighted by molar-refractivity contribution is 5.96. The summed E-state index contributed by atoms with van der Waals surface area (Å²) in [7, 11) is 0. The number of rotatable bonds is 6. The lowest BCUT2D eigenvalue weighted by Gasteiger charge is -2.05. The second-order valence-corrected chi connectivity index (χ2v) is 5.48. The van der Waals surface area contributed by atoms with Crippen LogP contribution in [0.2, 0.25) is 0 Å². The van der Waals surface area contributed by atoms with Gasteiger partial charge < -0.3 is 24.8 Å². The second kappa shape index (κ2) is 9.15. The van der Waals surface area contributed by atoms with Crippen molar-refractivity contribution in [3.05, 3.63) is 54.1 Å². The molecule has 138 valence electrons. The van der Waals surface area contributed by atoms with Gasteiger partial charge in [-0.2, -0.15) is 0 Å². The van der Waals surface area contributed by atoms with Crippen molar-refractivity contribution in [3.63, 3.8) is 0 Å². The second-order valence-electron chi connectivity index (χ2n) is 5.48. The van der Waals surface area contributed by atoms with E-state index in [0.717, 1.165) is 0 Å². The first-order valence-corrected chi connectivity index (χ1v) is 8.30. The van der Waals surface area contributed by atoms with Crippen molar-refractivity contribution in [3.8, 4) is 29.1 Å². The molecule has 0 atom stereocenters. The van der Waals surface area contributed by atoms with E-state index in [9.17, 15) is 9.59 Å². The SMILES string of the molecule is O=C(CNC(=O)c1ccccc1)NCC#CCOc1ccc2c(c1)OCO2. The van der Waals surface area contributed by atoms with Crippen LogP contribution in [0.1, 0.15) is 10.4 Å². The van der Waals surface area contributed by atoms with Gasteiger partial charge in [0.15, 0.2) is 11.5 Å². The topological polar surface area (TPSA) is 85.9 Å². The standard InChI is InChI=1S/C20H18N2O5/c23-19(13-22-20(24)15-6-2-1-3-7-15)21-10-4-5-11-25-16-8-9-17-18(12-16)27-14-26-17/h1-3,6-9,12H,10-11,13-14H2,(H,21,23)(H,22,24). The Bertz CT molecular complexity index is 871. The van der Waals surface area contributed by atoms with Crippen LogP contribution in [-0.4, -0.2) is 38.3 Å². The molecule has 0 aliphatic carbocycles. The molecule has 0 saturated heterocycles. The van der Waals surface area contributed by atoms with Gasteiger partial charge in [0, 0.05) is 11.6 Å². The highest BCUT2D eigenvalue weighted by atomic mass is 16.7. The zero-order valence-electron chi connectivity index (χ0n) is 14.5. The largest absolute Gasteiger partial charge is 0.481 e. The fourth-order valence-electron chi connectivity index (χ4n) is 2.26.